The second kappa shape index (κ2) is 15.6. The summed E-state index contributed by atoms with van der Waals surface area (Å²) in [6, 6.07) is 81.2. The Balaban J connectivity index is 1.02. The Bertz CT molecular complexity index is 3290. The van der Waals surface area contributed by atoms with Gasteiger partial charge in [-0.25, -0.2) is 9.97 Å². The van der Waals surface area contributed by atoms with Crippen LogP contribution in [-0.2, 0) is 0 Å². The van der Waals surface area contributed by atoms with Crippen LogP contribution in [0.1, 0.15) is 0 Å². The number of fused-ring (bicyclic) bond motifs is 2. The van der Waals surface area contributed by atoms with Crippen molar-refractivity contribution in [2.24, 2.45) is 0 Å². The SMILES string of the molecule is c1ccc(-c2cccc(-c3nc4cccc(-c5cccc(-c6ccc7ccccc7c6-c6cccc(-c7cc(-c8ccccc8)cc(-c8ccccc8)n7)c6)c5)c4o3)c2)cc1. The molecule has 0 unspecified atom stereocenters. The van der Waals surface area contributed by atoms with Crippen LogP contribution in [0.5, 0.6) is 0 Å². The Morgan fingerprint density at radius 3 is 1.57 bits per heavy atom. The summed E-state index contributed by atoms with van der Waals surface area (Å²) in [4.78, 5) is 10.3. The van der Waals surface area contributed by atoms with E-state index in [-0.39, 0.29) is 0 Å². The number of aromatic nitrogens is 2. The Morgan fingerprint density at radius 2 is 0.820 bits per heavy atom. The number of pyridine rings is 1. The highest BCUT2D eigenvalue weighted by Gasteiger charge is 2.18. The summed E-state index contributed by atoms with van der Waals surface area (Å²) in [5.74, 6) is 0.604. The van der Waals surface area contributed by atoms with Gasteiger partial charge in [0.25, 0.3) is 0 Å². The molecule has 11 aromatic rings. The summed E-state index contributed by atoms with van der Waals surface area (Å²) in [5.41, 5.74) is 17.8. The highest BCUT2D eigenvalue weighted by atomic mass is 16.3. The van der Waals surface area contributed by atoms with Crippen molar-refractivity contribution in [3.05, 3.63) is 231 Å². The second-order valence-electron chi connectivity index (χ2n) is 15.3. The second-order valence-corrected chi connectivity index (χ2v) is 15.3. The molecule has 0 fully saturated rings. The molecule has 3 nitrogen and oxygen atoms in total. The average Bonchev–Trinajstić information content (AvgIpc) is 3.80. The van der Waals surface area contributed by atoms with Crippen molar-refractivity contribution in [2.45, 2.75) is 0 Å². The van der Waals surface area contributed by atoms with Gasteiger partial charge in [0, 0.05) is 22.3 Å². The van der Waals surface area contributed by atoms with Crippen molar-refractivity contribution >= 4 is 21.9 Å². The minimum atomic E-state index is 0.604. The third kappa shape index (κ3) is 6.98. The number of hydrogen-bond acceptors (Lipinski definition) is 3. The molecule has 286 valence electrons. The Morgan fingerprint density at radius 1 is 0.295 bits per heavy atom. The number of oxazole rings is 1. The topological polar surface area (TPSA) is 38.9 Å². The minimum absolute atomic E-state index is 0.604. The van der Waals surface area contributed by atoms with Crippen LogP contribution in [0.25, 0.3) is 111 Å². The maximum Gasteiger partial charge on any atom is 0.227 e. The molecule has 0 amide bonds. The number of hydrogen-bond donors (Lipinski definition) is 0. The summed E-state index contributed by atoms with van der Waals surface area (Å²) in [7, 11) is 0. The largest absolute Gasteiger partial charge is 0.435 e. The van der Waals surface area contributed by atoms with Crippen LogP contribution in [0.2, 0.25) is 0 Å². The number of nitrogens with zero attached hydrogens (tertiary/aromatic N) is 2. The molecule has 9 aromatic carbocycles. The lowest BCUT2D eigenvalue weighted by Crippen LogP contribution is -1.93. The van der Waals surface area contributed by atoms with Gasteiger partial charge in [-0.15, -0.1) is 0 Å². The van der Waals surface area contributed by atoms with E-state index < -0.39 is 0 Å². The fourth-order valence-corrected chi connectivity index (χ4v) is 8.51. The lowest BCUT2D eigenvalue weighted by atomic mass is 9.88. The Labute approximate surface area is 354 Å². The van der Waals surface area contributed by atoms with Crippen LogP contribution in [-0.4, -0.2) is 9.97 Å². The van der Waals surface area contributed by atoms with Crippen LogP contribution >= 0.6 is 0 Å². The first-order valence-electron chi connectivity index (χ1n) is 20.6. The molecule has 0 radical (unpaired) electrons. The molecule has 0 aliphatic carbocycles. The van der Waals surface area contributed by atoms with Gasteiger partial charge < -0.3 is 4.42 Å². The van der Waals surface area contributed by atoms with E-state index in [4.69, 9.17) is 14.4 Å². The molecule has 2 heterocycles. The molecule has 0 saturated carbocycles. The first kappa shape index (κ1) is 36.0. The molecular weight excluding hydrogens is 741 g/mol. The summed E-state index contributed by atoms with van der Waals surface area (Å²) in [5, 5.41) is 2.38. The maximum atomic E-state index is 6.64. The van der Waals surface area contributed by atoms with E-state index in [1.54, 1.807) is 0 Å². The van der Waals surface area contributed by atoms with Gasteiger partial charge in [-0.3, -0.25) is 0 Å². The Hall–Kier alpha value is -8.14. The molecule has 0 N–H and O–H groups in total. The quantitative estimate of drug-likeness (QED) is 0.154. The monoisotopic (exact) mass is 778 g/mol. The van der Waals surface area contributed by atoms with Crippen LogP contribution in [0.3, 0.4) is 0 Å². The zero-order valence-corrected chi connectivity index (χ0v) is 33.2. The molecule has 61 heavy (non-hydrogen) atoms. The number of para-hydroxylation sites is 1. The predicted molar refractivity (Wildman–Crippen MR) is 253 cm³/mol. The predicted octanol–water partition coefficient (Wildman–Crippen LogP) is 15.7. The van der Waals surface area contributed by atoms with Crippen LogP contribution in [0, 0.1) is 0 Å². The third-order valence-corrected chi connectivity index (χ3v) is 11.5. The van der Waals surface area contributed by atoms with Crippen molar-refractivity contribution in [3.8, 4) is 89.6 Å². The first-order valence-corrected chi connectivity index (χ1v) is 20.6. The highest BCUT2D eigenvalue weighted by Crippen LogP contribution is 2.42. The summed E-state index contributed by atoms with van der Waals surface area (Å²) in [6.07, 6.45) is 0. The molecule has 11 rings (SSSR count). The van der Waals surface area contributed by atoms with Gasteiger partial charge in [0.05, 0.1) is 11.4 Å². The summed E-state index contributed by atoms with van der Waals surface area (Å²) >= 11 is 0. The molecule has 0 atom stereocenters. The lowest BCUT2D eigenvalue weighted by molar-refractivity contribution is 0.621. The Kier molecular flexibility index (Phi) is 9.18. The van der Waals surface area contributed by atoms with Gasteiger partial charge >= 0.3 is 0 Å². The fraction of sp³-hybridized carbons (Fsp3) is 0. The van der Waals surface area contributed by atoms with E-state index in [0.29, 0.717) is 5.89 Å². The van der Waals surface area contributed by atoms with E-state index in [1.807, 2.05) is 18.2 Å². The van der Waals surface area contributed by atoms with E-state index >= 15 is 0 Å². The van der Waals surface area contributed by atoms with E-state index in [9.17, 15) is 0 Å². The first-order chi connectivity index (χ1) is 30.2. The van der Waals surface area contributed by atoms with Crippen molar-refractivity contribution in [1.29, 1.82) is 0 Å². The third-order valence-electron chi connectivity index (χ3n) is 11.5. The molecule has 2 aromatic heterocycles. The average molecular weight is 779 g/mol. The van der Waals surface area contributed by atoms with Crippen molar-refractivity contribution in [1.82, 2.24) is 9.97 Å². The molecule has 0 aliphatic heterocycles. The van der Waals surface area contributed by atoms with Gasteiger partial charge in [0.15, 0.2) is 5.58 Å². The van der Waals surface area contributed by atoms with Crippen LogP contribution in [0.15, 0.2) is 235 Å². The maximum absolute atomic E-state index is 6.64. The summed E-state index contributed by atoms with van der Waals surface area (Å²) in [6.45, 7) is 0. The van der Waals surface area contributed by atoms with Crippen LogP contribution in [0.4, 0.5) is 0 Å². The molecular formula is C58H38N2O. The zero-order chi connectivity index (χ0) is 40.5. The van der Waals surface area contributed by atoms with E-state index in [2.05, 4.69) is 212 Å². The van der Waals surface area contributed by atoms with Crippen molar-refractivity contribution in [2.75, 3.05) is 0 Å². The lowest BCUT2D eigenvalue weighted by Gasteiger charge is -2.16. The van der Waals surface area contributed by atoms with E-state index in [1.165, 1.54) is 16.3 Å². The van der Waals surface area contributed by atoms with Gasteiger partial charge in [0.1, 0.15) is 5.52 Å². The number of benzene rings is 9. The molecule has 0 aliphatic rings. The van der Waals surface area contributed by atoms with Gasteiger partial charge in [-0.1, -0.05) is 188 Å². The standard InChI is InChI=1S/C58H38N2O/c1-4-16-39(17-5-1)43-23-12-28-48(34-43)58-60-53-31-15-30-52(57(53)61-58)45-25-13-24-44(35-45)51-33-32-41-20-10-11-29-50(41)56(51)47-27-14-26-46(36-47)55-38-49(40-18-6-2-7-19-40)37-54(59-55)42-21-8-3-9-22-42/h1-38H. The smallest absolute Gasteiger partial charge is 0.227 e. The number of rotatable bonds is 8. The molecule has 0 spiro atoms. The van der Waals surface area contributed by atoms with Gasteiger partial charge in [-0.05, 0) is 103 Å². The van der Waals surface area contributed by atoms with Gasteiger partial charge in [0.2, 0.25) is 5.89 Å². The van der Waals surface area contributed by atoms with Gasteiger partial charge in [-0.2, -0.15) is 0 Å². The summed E-state index contributed by atoms with van der Waals surface area (Å²) < 4.78 is 6.64. The minimum Gasteiger partial charge on any atom is -0.435 e. The fourth-order valence-electron chi connectivity index (χ4n) is 8.51. The van der Waals surface area contributed by atoms with Crippen molar-refractivity contribution in [3.63, 3.8) is 0 Å². The molecule has 3 heteroatoms. The van der Waals surface area contributed by atoms with Crippen LogP contribution < -0.4 is 0 Å². The van der Waals surface area contributed by atoms with Crippen molar-refractivity contribution < 1.29 is 4.42 Å². The molecule has 0 bridgehead atoms. The molecule has 0 saturated heterocycles. The highest BCUT2D eigenvalue weighted by molar-refractivity contribution is 6.05. The van der Waals surface area contributed by atoms with E-state index in [0.717, 1.165) is 89.2 Å². The zero-order valence-electron chi connectivity index (χ0n) is 33.2. The normalized spacial score (nSPS) is 11.3.